The molecule has 12 heavy (non-hydrogen) atoms. The molecule has 0 fully saturated rings. The Bertz CT molecular complexity index is 223. The molecule has 0 spiro atoms. The van der Waals surface area contributed by atoms with Crippen LogP contribution in [0.4, 0.5) is 0 Å². The zero-order valence-corrected chi connectivity index (χ0v) is 7.38. The summed E-state index contributed by atoms with van der Waals surface area (Å²) in [6, 6.07) is 3.55. The van der Waals surface area contributed by atoms with Crippen LogP contribution in [0, 0.1) is 0 Å². The lowest BCUT2D eigenvalue weighted by Crippen LogP contribution is -2.22. The number of nitrogens with one attached hydrogen (secondary N) is 1. The Balaban J connectivity index is 2.37. The fourth-order valence-electron chi connectivity index (χ4n) is 0.756. The highest BCUT2D eigenvalue weighted by molar-refractivity contribution is 6.29. The Hall–Kier alpha value is -0.710. The second kappa shape index (κ2) is 5.03. The maximum atomic E-state index is 5.56. The number of nitrogens with two attached hydrogens (primary N) is 1. The van der Waals surface area contributed by atoms with E-state index in [1.807, 2.05) is 6.07 Å². The number of rotatable bonds is 4. The van der Waals surface area contributed by atoms with Gasteiger partial charge in [0, 0.05) is 19.6 Å². The van der Waals surface area contributed by atoms with Crippen molar-refractivity contribution in [1.82, 2.24) is 15.5 Å². The predicted molar refractivity (Wildman–Crippen MR) is 47.8 cm³/mol. The van der Waals surface area contributed by atoms with Gasteiger partial charge in [0.05, 0.1) is 5.69 Å². The minimum Gasteiger partial charge on any atom is -0.329 e. The monoisotopic (exact) mass is 186 g/mol. The molecule has 4 nitrogen and oxygen atoms in total. The Morgan fingerprint density at radius 1 is 1.42 bits per heavy atom. The van der Waals surface area contributed by atoms with E-state index < -0.39 is 0 Å². The largest absolute Gasteiger partial charge is 0.329 e. The van der Waals surface area contributed by atoms with E-state index in [0.717, 1.165) is 12.2 Å². The van der Waals surface area contributed by atoms with Crippen LogP contribution in [-0.2, 0) is 6.54 Å². The third-order valence-electron chi connectivity index (χ3n) is 1.31. The van der Waals surface area contributed by atoms with E-state index >= 15 is 0 Å². The zero-order valence-electron chi connectivity index (χ0n) is 6.63. The van der Waals surface area contributed by atoms with Gasteiger partial charge in [-0.15, -0.1) is 5.10 Å². The quantitative estimate of drug-likeness (QED) is 0.659. The summed E-state index contributed by atoms with van der Waals surface area (Å²) >= 11 is 5.56. The normalized spacial score (nSPS) is 10.2. The maximum Gasteiger partial charge on any atom is 0.151 e. The first-order valence-electron chi connectivity index (χ1n) is 3.72. The van der Waals surface area contributed by atoms with Crippen molar-refractivity contribution >= 4 is 11.6 Å². The lowest BCUT2D eigenvalue weighted by atomic mass is 10.4. The van der Waals surface area contributed by atoms with E-state index in [1.54, 1.807) is 6.07 Å². The van der Waals surface area contributed by atoms with E-state index in [2.05, 4.69) is 15.5 Å². The van der Waals surface area contributed by atoms with E-state index in [1.165, 1.54) is 0 Å². The number of aromatic nitrogens is 2. The maximum absolute atomic E-state index is 5.56. The molecule has 66 valence electrons. The van der Waals surface area contributed by atoms with Crippen LogP contribution in [-0.4, -0.2) is 23.3 Å². The number of nitrogens with zero attached hydrogens (tertiary/aromatic N) is 2. The number of halogens is 1. The van der Waals surface area contributed by atoms with E-state index in [9.17, 15) is 0 Å². The summed E-state index contributed by atoms with van der Waals surface area (Å²) in [5.41, 5.74) is 6.17. The molecular formula is C7H11ClN4. The van der Waals surface area contributed by atoms with Crippen molar-refractivity contribution in [2.24, 2.45) is 5.73 Å². The summed E-state index contributed by atoms with van der Waals surface area (Å²) in [4.78, 5) is 0. The molecule has 0 amide bonds. The molecular weight excluding hydrogens is 176 g/mol. The van der Waals surface area contributed by atoms with Crippen LogP contribution in [0.15, 0.2) is 12.1 Å². The van der Waals surface area contributed by atoms with Crippen LogP contribution in [0.3, 0.4) is 0 Å². The second-order valence-corrected chi connectivity index (χ2v) is 2.70. The van der Waals surface area contributed by atoms with Crippen LogP contribution in [0.2, 0.25) is 5.15 Å². The highest BCUT2D eigenvalue weighted by atomic mass is 35.5. The summed E-state index contributed by atoms with van der Waals surface area (Å²) in [6.45, 7) is 2.09. The number of hydrogen-bond donors (Lipinski definition) is 2. The molecule has 1 aromatic rings. The molecule has 0 saturated heterocycles. The van der Waals surface area contributed by atoms with Gasteiger partial charge >= 0.3 is 0 Å². The Morgan fingerprint density at radius 2 is 2.25 bits per heavy atom. The van der Waals surface area contributed by atoms with Gasteiger partial charge in [-0.2, -0.15) is 5.10 Å². The van der Waals surface area contributed by atoms with Crippen molar-refractivity contribution in [3.05, 3.63) is 23.0 Å². The van der Waals surface area contributed by atoms with Gasteiger partial charge in [-0.05, 0) is 12.1 Å². The Labute approximate surface area is 76.1 Å². The van der Waals surface area contributed by atoms with Crippen molar-refractivity contribution in [3.8, 4) is 0 Å². The third kappa shape index (κ3) is 3.13. The van der Waals surface area contributed by atoms with Crippen LogP contribution in [0.1, 0.15) is 5.69 Å². The summed E-state index contributed by atoms with van der Waals surface area (Å²) in [5, 5.41) is 11.1. The average Bonchev–Trinajstić information content (AvgIpc) is 2.09. The first kappa shape index (κ1) is 9.38. The lowest BCUT2D eigenvalue weighted by molar-refractivity contribution is 0.673. The molecule has 0 aliphatic heterocycles. The molecule has 0 unspecified atom stereocenters. The van der Waals surface area contributed by atoms with Crippen molar-refractivity contribution in [3.63, 3.8) is 0 Å². The molecule has 5 heteroatoms. The fourth-order valence-corrected chi connectivity index (χ4v) is 0.857. The summed E-state index contributed by atoms with van der Waals surface area (Å²) in [7, 11) is 0. The zero-order chi connectivity index (χ0) is 8.81. The van der Waals surface area contributed by atoms with Gasteiger partial charge in [-0.1, -0.05) is 11.6 Å². The summed E-state index contributed by atoms with van der Waals surface area (Å²) < 4.78 is 0. The Morgan fingerprint density at radius 3 is 2.83 bits per heavy atom. The molecule has 0 aliphatic rings. The highest BCUT2D eigenvalue weighted by Gasteiger charge is 1.93. The molecule has 0 aromatic carbocycles. The SMILES string of the molecule is NCCNCc1ccc(Cl)nn1. The van der Waals surface area contributed by atoms with Gasteiger partial charge < -0.3 is 11.1 Å². The van der Waals surface area contributed by atoms with Gasteiger partial charge in [0.1, 0.15) is 0 Å². The molecule has 0 saturated carbocycles. The van der Waals surface area contributed by atoms with Crippen molar-refractivity contribution in [1.29, 1.82) is 0 Å². The lowest BCUT2D eigenvalue weighted by Gasteiger charge is -2.00. The molecule has 0 bridgehead atoms. The molecule has 0 atom stereocenters. The summed E-state index contributed by atoms with van der Waals surface area (Å²) in [5.74, 6) is 0. The first-order chi connectivity index (χ1) is 5.83. The molecule has 1 heterocycles. The van der Waals surface area contributed by atoms with E-state index in [-0.39, 0.29) is 0 Å². The van der Waals surface area contributed by atoms with Gasteiger partial charge in [-0.25, -0.2) is 0 Å². The van der Waals surface area contributed by atoms with Crippen LogP contribution in [0.25, 0.3) is 0 Å². The van der Waals surface area contributed by atoms with Crippen LogP contribution < -0.4 is 11.1 Å². The predicted octanol–water partition coefficient (Wildman–Crippen LogP) is 0.178. The second-order valence-electron chi connectivity index (χ2n) is 2.31. The molecule has 0 aliphatic carbocycles. The number of hydrogen-bond acceptors (Lipinski definition) is 4. The first-order valence-corrected chi connectivity index (χ1v) is 4.09. The molecule has 1 rings (SSSR count). The van der Waals surface area contributed by atoms with Crippen molar-refractivity contribution in [2.45, 2.75) is 6.54 Å². The third-order valence-corrected chi connectivity index (χ3v) is 1.52. The standard InChI is InChI=1S/C7H11ClN4/c8-7-2-1-6(11-12-7)5-10-4-3-9/h1-2,10H,3-5,9H2. The molecule has 3 N–H and O–H groups in total. The van der Waals surface area contributed by atoms with Gasteiger partial charge in [-0.3, -0.25) is 0 Å². The van der Waals surface area contributed by atoms with Crippen LogP contribution in [0.5, 0.6) is 0 Å². The van der Waals surface area contributed by atoms with E-state index in [4.69, 9.17) is 17.3 Å². The topological polar surface area (TPSA) is 63.8 Å². The van der Waals surface area contributed by atoms with Gasteiger partial charge in [0.2, 0.25) is 0 Å². The molecule has 1 aromatic heterocycles. The van der Waals surface area contributed by atoms with Gasteiger partial charge in [0.25, 0.3) is 0 Å². The Kier molecular flexibility index (Phi) is 3.93. The average molecular weight is 187 g/mol. The van der Waals surface area contributed by atoms with Crippen molar-refractivity contribution < 1.29 is 0 Å². The minimum absolute atomic E-state index is 0.414. The van der Waals surface area contributed by atoms with Crippen molar-refractivity contribution in [2.75, 3.05) is 13.1 Å². The molecule has 0 radical (unpaired) electrons. The smallest absolute Gasteiger partial charge is 0.151 e. The van der Waals surface area contributed by atoms with E-state index in [0.29, 0.717) is 18.2 Å². The van der Waals surface area contributed by atoms with Gasteiger partial charge in [0.15, 0.2) is 5.15 Å². The minimum atomic E-state index is 0.414. The summed E-state index contributed by atoms with van der Waals surface area (Å²) in [6.07, 6.45) is 0. The van der Waals surface area contributed by atoms with Crippen LogP contribution >= 0.6 is 11.6 Å². The highest BCUT2D eigenvalue weighted by Crippen LogP contribution is 2.01. The fraction of sp³-hybridized carbons (Fsp3) is 0.429.